The zero-order valence-electron chi connectivity index (χ0n) is 12.5. The minimum atomic E-state index is -0.298. The molecule has 1 aromatic heterocycles. The summed E-state index contributed by atoms with van der Waals surface area (Å²) in [6.07, 6.45) is 5.97. The van der Waals surface area contributed by atoms with Crippen LogP contribution in [0.5, 0.6) is 0 Å². The molecule has 0 aliphatic heterocycles. The molecule has 2 aromatic rings. The van der Waals surface area contributed by atoms with Crippen LogP contribution in [0.25, 0.3) is 11.4 Å². The van der Waals surface area contributed by atoms with Gasteiger partial charge in [-0.2, -0.15) is 0 Å². The molecule has 0 bridgehead atoms. The Morgan fingerprint density at radius 3 is 2.55 bits per heavy atom. The molecule has 1 aromatic carbocycles. The number of hydrogen-bond acceptors (Lipinski definition) is 3. The van der Waals surface area contributed by atoms with Gasteiger partial charge in [0.25, 0.3) is 5.91 Å². The third kappa shape index (κ3) is 3.13. The molecule has 4 nitrogen and oxygen atoms in total. The lowest BCUT2D eigenvalue weighted by Crippen LogP contribution is -2.33. The number of amides is 1. The molecule has 1 N–H and O–H groups in total. The number of carbonyl (C=O) groups is 1. The summed E-state index contributed by atoms with van der Waals surface area (Å²) >= 11 is 0. The predicted molar refractivity (Wildman–Crippen MR) is 81.9 cm³/mol. The first-order valence-electron chi connectivity index (χ1n) is 7.54. The van der Waals surface area contributed by atoms with Crippen LogP contribution >= 0.6 is 0 Å². The van der Waals surface area contributed by atoms with Crippen molar-refractivity contribution in [3.63, 3.8) is 0 Å². The van der Waals surface area contributed by atoms with E-state index in [1.54, 1.807) is 25.3 Å². The van der Waals surface area contributed by atoms with Crippen LogP contribution in [-0.2, 0) is 0 Å². The van der Waals surface area contributed by atoms with E-state index >= 15 is 0 Å². The fraction of sp³-hybridized carbons (Fsp3) is 0.353. The molecule has 1 aliphatic carbocycles. The average Bonchev–Trinajstić information content (AvgIpc) is 3.00. The van der Waals surface area contributed by atoms with Crippen molar-refractivity contribution in [3.8, 4) is 11.4 Å². The van der Waals surface area contributed by atoms with E-state index in [1.165, 1.54) is 25.0 Å². The van der Waals surface area contributed by atoms with Gasteiger partial charge in [0.15, 0.2) is 5.82 Å². The largest absolute Gasteiger partial charge is 0.349 e. The molecule has 0 spiro atoms. The van der Waals surface area contributed by atoms with Gasteiger partial charge in [0.05, 0.1) is 11.3 Å². The number of nitrogens with one attached hydrogen (secondary N) is 1. The van der Waals surface area contributed by atoms with Crippen LogP contribution in [0.1, 0.15) is 41.7 Å². The van der Waals surface area contributed by atoms with Crippen LogP contribution < -0.4 is 5.32 Å². The second-order valence-corrected chi connectivity index (χ2v) is 5.65. The highest BCUT2D eigenvalue weighted by molar-refractivity contribution is 5.95. The molecule has 114 valence electrons. The third-order valence-electron chi connectivity index (χ3n) is 4.02. The van der Waals surface area contributed by atoms with Gasteiger partial charge in [0.1, 0.15) is 5.82 Å². The van der Waals surface area contributed by atoms with Gasteiger partial charge in [-0.15, -0.1) is 0 Å². The molecule has 5 heteroatoms. The third-order valence-corrected chi connectivity index (χ3v) is 4.02. The fourth-order valence-corrected chi connectivity index (χ4v) is 2.76. The molecule has 1 heterocycles. The minimum Gasteiger partial charge on any atom is -0.349 e. The molecular formula is C17H18FN3O. The van der Waals surface area contributed by atoms with E-state index in [0.29, 0.717) is 17.1 Å². The monoisotopic (exact) mass is 299 g/mol. The van der Waals surface area contributed by atoms with Crippen molar-refractivity contribution in [1.82, 2.24) is 15.3 Å². The molecule has 0 unspecified atom stereocenters. The van der Waals surface area contributed by atoms with Crippen LogP contribution in [0.2, 0.25) is 0 Å². The molecule has 1 saturated carbocycles. The number of carbonyl (C=O) groups excluding carboxylic acids is 1. The molecule has 0 radical (unpaired) electrons. The number of rotatable bonds is 3. The molecule has 1 amide bonds. The van der Waals surface area contributed by atoms with E-state index in [9.17, 15) is 9.18 Å². The summed E-state index contributed by atoms with van der Waals surface area (Å²) in [5.41, 5.74) is 1.86. The Labute approximate surface area is 128 Å². The zero-order chi connectivity index (χ0) is 15.5. The smallest absolute Gasteiger partial charge is 0.254 e. The van der Waals surface area contributed by atoms with Crippen molar-refractivity contribution in [1.29, 1.82) is 0 Å². The highest BCUT2D eigenvalue weighted by Crippen LogP contribution is 2.19. The maximum absolute atomic E-state index is 13.0. The normalized spacial score (nSPS) is 15.0. The molecule has 3 rings (SSSR count). The zero-order valence-corrected chi connectivity index (χ0v) is 12.5. The van der Waals surface area contributed by atoms with Gasteiger partial charge in [-0.1, -0.05) is 12.8 Å². The van der Waals surface area contributed by atoms with Crippen molar-refractivity contribution < 1.29 is 9.18 Å². The fourth-order valence-electron chi connectivity index (χ4n) is 2.76. The van der Waals surface area contributed by atoms with Crippen LogP contribution in [0.4, 0.5) is 4.39 Å². The standard InChI is InChI=1S/C17H18FN3O/c1-11-15(17(22)21-14-4-2-3-5-14)10-19-16(20-11)12-6-8-13(18)9-7-12/h6-10,14H,2-5H2,1H3,(H,21,22). The number of aromatic nitrogens is 2. The summed E-state index contributed by atoms with van der Waals surface area (Å²) in [5.74, 6) is 0.0815. The Hall–Kier alpha value is -2.30. The maximum atomic E-state index is 13.0. The number of benzene rings is 1. The summed E-state index contributed by atoms with van der Waals surface area (Å²) in [7, 11) is 0. The van der Waals surface area contributed by atoms with Gasteiger partial charge < -0.3 is 5.32 Å². The quantitative estimate of drug-likeness (QED) is 0.946. The highest BCUT2D eigenvalue weighted by atomic mass is 19.1. The van der Waals surface area contributed by atoms with Gasteiger partial charge in [-0.3, -0.25) is 4.79 Å². The molecular weight excluding hydrogens is 281 g/mol. The SMILES string of the molecule is Cc1nc(-c2ccc(F)cc2)ncc1C(=O)NC1CCCC1. The summed E-state index contributed by atoms with van der Waals surface area (Å²) < 4.78 is 13.0. The maximum Gasteiger partial charge on any atom is 0.254 e. The lowest BCUT2D eigenvalue weighted by atomic mass is 10.1. The van der Waals surface area contributed by atoms with Gasteiger partial charge in [0.2, 0.25) is 0 Å². The van der Waals surface area contributed by atoms with E-state index in [4.69, 9.17) is 0 Å². The van der Waals surface area contributed by atoms with E-state index in [0.717, 1.165) is 18.4 Å². The first-order chi connectivity index (χ1) is 10.6. The van der Waals surface area contributed by atoms with Crippen molar-refractivity contribution in [2.75, 3.05) is 0 Å². The summed E-state index contributed by atoms with van der Waals surface area (Å²) in [6, 6.07) is 6.26. The predicted octanol–water partition coefficient (Wildman–Crippen LogP) is 3.26. The van der Waals surface area contributed by atoms with Gasteiger partial charge >= 0.3 is 0 Å². The van der Waals surface area contributed by atoms with Crippen LogP contribution in [-0.4, -0.2) is 21.9 Å². The lowest BCUT2D eigenvalue weighted by Gasteiger charge is -2.13. The molecule has 0 saturated heterocycles. The Morgan fingerprint density at radius 1 is 1.23 bits per heavy atom. The number of aryl methyl sites for hydroxylation is 1. The van der Waals surface area contributed by atoms with E-state index < -0.39 is 0 Å². The average molecular weight is 299 g/mol. The highest BCUT2D eigenvalue weighted by Gasteiger charge is 2.19. The first kappa shape index (κ1) is 14.6. The van der Waals surface area contributed by atoms with Gasteiger partial charge in [-0.05, 0) is 44.0 Å². The van der Waals surface area contributed by atoms with E-state index in [2.05, 4.69) is 15.3 Å². The number of halogens is 1. The van der Waals surface area contributed by atoms with Crippen molar-refractivity contribution in [2.45, 2.75) is 38.6 Å². The molecule has 1 aliphatic rings. The Bertz CT molecular complexity index is 679. The van der Waals surface area contributed by atoms with E-state index in [-0.39, 0.29) is 17.8 Å². The summed E-state index contributed by atoms with van der Waals surface area (Å²) in [6.45, 7) is 1.79. The first-order valence-corrected chi connectivity index (χ1v) is 7.54. The number of hydrogen-bond donors (Lipinski definition) is 1. The van der Waals surface area contributed by atoms with Crippen LogP contribution in [0, 0.1) is 12.7 Å². The Kier molecular flexibility index (Phi) is 4.13. The van der Waals surface area contributed by atoms with Gasteiger partial charge in [-0.25, -0.2) is 14.4 Å². The minimum absolute atomic E-state index is 0.116. The summed E-state index contributed by atoms with van der Waals surface area (Å²) in [4.78, 5) is 20.9. The molecule has 0 atom stereocenters. The molecule has 22 heavy (non-hydrogen) atoms. The van der Waals surface area contributed by atoms with Crippen molar-refractivity contribution in [2.24, 2.45) is 0 Å². The number of nitrogens with zero attached hydrogens (tertiary/aromatic N) is 2. The van der Waals surface area contributed by atoms with Crippen molar-refractivity contribution >= 4 is 5.91 Å². The van der Waals surface area contributed by atoms with Crippen LogP contribution in [0.3, 0.4) is 0 Å². The van der Waals surface area contributed by atoms with Gasteiger partial charge in [0, 0.05) is 17.8 Å². The Balaban J connectivity index is 1.79. The van der Waals surface area contributed by atoms with E-state index in [1.807, 2.05) is 0 Å². The Morgan fingerprint density at radius 2 is 1.91 bits per heavy atom. The second kappa shape index (κ2) is 6.22. The topological polar surface area (TPSA) is 54.9 Å². The summed E-state index contributed by atoms with van der Waals surface area (Å²) in [5, 5.41) is 3.03. The van der Waals surface area contributed by atoms with Crippen LogP contribution in [0.15, 0.2) is 30.5 Å². The second-order valence-electron chi connectivity index (χ2n) is 5.65. The lowest BCUT2D eigenvalue weighted by molar-refractivity contribution is 0.0936. The molecule has 1 fully saturated rings. The van der Waals surface area contributed by atoms with Crippen molar-refractivity contribution in [3.05, 3.63) is 47.5 Å².